The fourth-order valence-electron chi connectivity index (χ4n) is 4.26. The van der Waals surface area contributed by atoms with Crippen LogP contribution in [0, 0.1) is 6.92 Å². The largest absolute Gasteiger partial charge is 0.355 e. The van der Waals surface area contributed by atoms with Crippen molar-refractivity contribution in [1.29, 1.82) is 0 Å². The summed E-state index contributed by atoms with van der Waals surface area (Å²) in [5, 5.41) is 3.65. The van der Waals surface area contributed by atoms with Crippen LogP contribution in [0.1, 0.15) is 67.8 Å². The molecule has 144 valence electrons. The van der Waals surface area contributed by atoms with Crippen molar-refractivity contribution in [3.63, 3.8) is 0 Å². The first kappa shape index (κ1) is 18.8. The number of benzene rings is 2. The Labute approximate surface area is 168 Å². The second-order valence-electron chi connectivity index (χ2n) is 8.23. The Morgan fingerprint density at radius 1 is 1.14 bits per heavy atom. The van der Waals surface area contributed by atoms with E-state index >= 15 is 0 Å². The summed E-state index contributed by atoms with van der Waals surface area (Å²) in [6.07, 6.45) is 6.92. The van der Waals surface area contributed by atoms with Crippen molar-refractivity contribution in [1.82, 2.24) is 0 Å². The average molecular weight is 371 g/mol. The molecule has 1 aliphatic carbocycles. The van der Waals surface area contributed by atoms with E-state index in [1.54, 1.807) is 0 Å². The van der Waals surface area contributed by atoms with Gasteiger partial charge in [-0.05, 0) is 85.4 Å². The molecule has 2 aliphatic rings. The van der Waals surface area contributed by atoms with Gasteiger partial charge in [-0.1, -0.05) is 49.1 Å². The number of aryl methyl sites for hydroxylation is 1. The third kappa shape index (κ3) is 3.12. The zero-order valence-corrected chi connectivity index (χ0v) is 17.4. The zero-order valence-electron chi connectivity index (χ0n) is 17.4. The Morgan fingerprint density at radius 2 is 1.82 bits per heavy atom. The maximum absolute atomic E-state index is 6.06. The van der Waals surface area contributed by atoms with Crippen LogP contribution in [0.15, 0.2) is 60.3 Å². The van der Waals surface area contributed by atoms with Crippen molar-refractivity contribution in [2.24, 2.45) is 5.73 Å². The Hall–Kier alpha value is -2.58. The Bertz CT molecular complexity index is 1000. The van der Waals surface area contributed by atoms with Crippen molar-refractivity contribution in [2.45, 2.75) is 52.5 Å². The van der Waals surface area contributed by atoms with Crippen LogP contribution in [0.25, 0.3) is 16.7 Å². The van der Waals surface area contributed by atoms with E-state index in [0.29, 0.717) is 5.92 Å². The summed E-state index contributed by atoms with van der Waals surface area (Å²) in [4.78, 5) is 0. The number of nitrogens with two attached hydrogens (primary N) is 1. The molecule has 0 bridgehead atoms. The third-order valence-corrected chi connectivity index (χ3v) is 6.03. The van der Waals surface area contributed by atoms with E-state index in [-0.39, 0.29) is 6.04 Å². The van der Waals surface area contributed by atoms with Crippen LogP contribution in [-0.4, -0.2) is 0 Å². The SMILES string of the molecule is C=C1Nc2c(C3CC3)cc(C)c(-c3ccc(C(C)N)cc3)c2C(/C=C\C)=C1C. The molecule has 0 aromatic heterocycles. The molecular formula is C26H30N2. The van der Waals surface area contributed by atoms with Gasteiger partial charge in [0.25, 0.3) is 0 Å². The summed E-state index contributed by atoms with van der Waals surface area (Å²) < 4.78 is 0. The summed E-state index contributed by atoms with van der Waals surface area (Å²) in [5.41, 5.74) is 18.6. The van der Waals surface area contributed by atoms with Crippen molar-refractivity contribution < 1.29 is 0 Å². The molecule has 2 aromatic rings. The van der Waals surface area contributed by atoms with E-state index in [4.69, 9.17) is 5.73 Å². The molecule has 1 atom stereocenters. The number of nitrogens with one attached hydrogen (secondary N) is 1. The molecule has 1 fully saturated rings. The predicted octanol–water partition coefficient (Wildman–Crippen LogP) is 6.85. The van der Waals surface area contributed by atoms with E-state index in [2.05, 4.69) is 75.2 Å². The minimum Gasteiger partial charge on any atom is -0.355 e. The first-order chi connectivity index (χ1) is 13.4. The van der Waals surface area contributed by atoms with Crippen LogP contribution in [-0.2, 0) is 0 Å². The molecule has 1 saturated carbocycles. The highest BCUT2D eigenvalue weighted by atomic mass is 14.9. The second-order valence-corrected chi connectivity index (χ2v) is 8.23. The molecule has 0 amide bonds. The standard InChI is InChI=1S/C26H30N2/c1-6-7-22-16(3)18(5)28-26-23(20-10-11-20)14-15(2)24(25(22)26)21-12-8-19(9-13-21)17(4)27/h6-9,12-14,17,20,28H,5,10-11,27H2,1-4H3/b7-6-. The lowest BCUT2D eigenvalue weighted by molar-refractivity contribution is 0.818. The lowest BCUT2D eigenvalue weighted by atomic mass is 9.82. The fourth-order valence-corrected chi connectivity index (χ4v) is 4.26. The van der Waals surface area contributed by atoms with Gasteiger partial charge in [-0.25, -0.2) is 0 Å². The molecule has 0 radical (unpaired) electrons. The summed E-state index contributed by atoms with van der Waals surface area (Å²) in [5.74, 6) is 0.674. The Morgan fingerprint density at radius 3 is 2.39 bits per heavy atom. The number of allylic oxidation sites excluding steroid dienone is 4. The van der Waals surface area contributed by atoms with Gasteiger partial charge in [0.05, 0.1) is 5.69 Å². The highest BCUT2D eigenvalue weighted by Gasteiger charge is 2.32. The highest BCUT2D eigenvalue weighted by molar-refractivity contribution is 5.99. The van der Waals surface area contributed by atoms with E-state index in [9.17, 15) is 0 Å². The van der Waals surface area contributed by atoms with E-state index in [1.807, 2.05) is 6.92 Å². The van der Waals surface area contributed by atoms with Crippen molar-refractivity contribution in [2.75, 3.05) is 5.32 Å². The topological polar surface area (TPSA) is 38.0 Å². The fraction of sp³-hybridized carbons (Fsp3) is 0.308. The maximum Gasteiger partial charge on any atom is 0.0505 e. The van der Waals surface area contributed by atoms with Crippen LogP contribution in [0.5, 0.6) is 0 Å². The van der Waals surface area contributed by atoms with Crippen LogP contribution in [0.4, 0.5) is 5.69 Å². The Balaban J connectivity index is 2.01. The number of anilines is 1. The number of fused-ring (bicyclic) bond motifs is 1. The molecule has 28 heavy (non-hydrogen) atoms. The van der Waals surface area contributed by atoms with Crippen LogP contribution in [0.3, 0.4) is 0 Å². The number of hydrogen-bond acceptors (Lipinski definition) is 2. The molecule has 2 nitrogen and oxygen atoms in total. The van der Waals surface area contributed by atoms with E-state index in [0.717, 1.165) is 11.3 Å². The van der Waals surface area contributed by atoms with Gasteiger partial charge in [-0.2, -0.15) is 0 Å². The number of rotatable bonds is 4. The number of hydrogen-bond donors (Lipinski definition) is 2. The molecule has 1 aliphatic heterocycles. The zero-order chi connectivity index (χ0) is 20.0. The monoisotopic (exact) mass is 370 g/mol. The van der Waals surface area contributed by atoms with Crippen molar-refractivity contribution >= 4 is 11.3 Å². The predicted molar refractivity (Wildman–Crippen MR) is 121 cm³/mol. The Kier molecular flexibility index (Phi) is 4.76. The van der Waals surface area contributed by atoms with Crippen molar-refractivity contribution in [3.8, 4) is 11.1 Å². The molecule has 0 saturated heterocycles. The summed E-state index contributed by atoms with van der Waals surface area (Å²) >= 11 is 0. The third-order valence-electron chi connectivity index (χ3n) is 6.03. The summed E-state index contributed by atoms with van der Waals surface area (Å²) in [7, 11) is 0. The summed E-state index contributed by atoms with van der Waals surface area (Å²) in [6, 6.07) is 11.2. The summed E-state index contributed by atoms with van der Waals surface area (Å²) in [6.45, 7) is 12.8. The van der Waals surface area contributed by atoms with Crippen LogP contribution in [0.2, 0.25) is 0 Å². The molecule has 0 spiro atoms. The lowest BCUT2D eigenvalue weighted by Crippen LogP contribution is -2.13. The van der Waals surface area contributed by atoms with Crippen molar-refractivity contribution in [3.05, 3.63) is 82.6 Å². The molecule has 2 heteroatoms. The second kappa shape index (κ2) is 7.10. The minimum absolute atomic E-state index is 0.0482. The first-order valence-corrected chi connectivity index (χ1v) is 10.3. The molecular weight excluding hydrogens is 340 g/mol. The average Bonchev–Trinajstić information content (AvgIpc) is 3.51. The highest BCUT2D eigenvalue weighted by Crippen LogP contribution is 2.51. The smallest absolute Gasteiger partial charge is 0.0505 e. The van der Waals surface area contributed by atoms with Gasteiger partial charge in [-0.15, -0.1) is 0 Å². The quantitative estimate of drug-likeness (QED) is 0.618. The van der Waals surface area contributed by atoms with E-state index < -0.39 is 0 Å². The lowest BCUT2D eigenvalue weighted by Gasteiger charge is -2.30. The van der Waals surface area contributed by atoms with Gasteiger partial charge in [0.15, 0.2) is 0 Å². The molecule has 4 rings (SSSR count). The molecule has 2 aromatic carbocycles. The van der Waals surface area contributed by atoms with E-state index in [1.165, 1.54) is 57.5 Å². The van der Waals surface area contributed by atoms with Gasteiger partial charge in [-0.3, -0.25) is 0 Å². The van der Waals surface area contributed by atoms with Crippen LogP contribution >= 0.6 is 0 Å². The van der Waals surface area contributed by atoms with Gasteiger partial charge in [0, 0.05) is 17.3 Å². The molecule has 1 heterocycles. The van der Waals surface area contributed by atoms with Gasteiger partial charge >= 0.3 is 0 Å². The normalized spacial score (nSPS) is 17.7. The van der Waals surface area contributed by atoms with Crippen LogP contribution < -0.4 is 11.1 Å². The maximum atomic E-state index is 6.06. The minimum atomic E-state index is 0.0482. The van der Waals surface area contributed by atoms with Gasteiger partial charge in [0.1, 0.15) is 0 Å². The first-order valence-electron chi connectivity index (χ1n) is 10.3. The molecule has 3 N–H and O–H groups in total. The van der Waals surface area contributed by atoms with Gasteiger partial charge < -0.3 is 11.1 Å². The van der Waals surface area contributed by atoms with Gasteiger partial charge in [0.2, 0.25) is 0 Å². The molecule has 1 unspecified atom stereocenters.